The van der Waals surface area contributed by atoms with E-state index < -0.39 is 0 Å². The van der Waals surface area contributed by atoms with E-state index >= 15 is 0 Å². The highest BCUT2D eigenvalue weighted by Gasteiger charge is 2.17. The van der Waals surface area contributed by atoms with Crippen LogP contribution in [0.2, 0.25) is 0 Å². The zero-order valence-electron chi connectivity index (χ0n) is 4.31. The molecule has 7 heavy (non-hydrogen) atoms. The average Bonchev–Trinajstić information content (AvgIpc) is 2.12. The molecule has 0 atom stereocenters. The summed E-state index contributed by atoms with van der Waals surface area (Å²) in [5.74, 6) is 0. The lowest BCUT2D eigenvalue weighted by atomic mass is 10.7. The van der Waals surface area contributed by atoms with Crippen LogP contribution in [0.3, 0.4) is 0 Å². The molecule has 1 fully saturated rings. The fourth-order valence-corrected chi connectivity index (χ4v) is 0.372. The number of hydrogen-bond donors (Lipinski definition) is 1. The Labute approximate surface area is 56.7 Å². The molecule has 0 aromatic rings. The average molecular weight is 144 g/mol. The van der Waals surface area contributed by atoms with E-state index in [1.807, 2.05) is 7.05 Å². The summed E-state index contributed by atoms with van der Waals surface area (Å²) in [5, 5.41) is 3.14. The minimum Gasteiger partial charge on any atom is -0.317 e. The van der Waals surface area contributed by atoms with E-state index in [1.165, 1.54) is 12.8 Å². The van der Waals surface area contributed by atoms with Crippen LogP contribution < -0.4 is 5.32 Å². The van der Waals surface area contributed by atoms with E-state index in [9.17, 15) is 0 Å². The van der Waals surface area contributed by atoms with Crippen molar-refractivity contribution < 1.29 is 0 Å². The fourth-order valence-electron chi connectivity index (χ4n) is 0.372. The highest BCUT2D eigenvalue weighted by Crippen LogP contribution is 2.16. The van der Waals surface area contributed by atoms with Gasteiger partial charge in [-0.1, -0.05) is 0 Å². The smallest absolute Gasteiger partial charge is 0.00652 e. The lowest BCUT2D eigenvalue weighted by molar-refractivity contribution is 0.811. The third kappa shape index (κ3) is 4.39. The van der Waals surface area contributed by atoms with Crippen LogP contribution in [0.4, 0.5) is 0 Å². The van der Waals surface area contributed by atoms with Gasteiger partial charge in [0.2, 0.25) is 0 Å². The molecule has 0 saturated heterocycles. The van der Waals surface area contributed by atoms with Crippen molar-refractivity contribution in [1.82, 2.24) is 5.32 Å². The van der Waals surface area contributed by atoms with Gasteiger partial charge in [0.25, 0.3) is 0 Å². The van der Waals surface area contributed by atoms with E-state index in [-0.39, 0.29) is 24.8 Å². The number of rotatable bonds is 1. The van der Waals surface area contributed by atoms with Crippen LogP contribution in [0.1, 0.15) is 12.8 Å². The maximum absolute atomic E-state index is 3.14. The molecule has 1 N–H and O–H groups in total. The van der Waals surface area contributed by atoms with Crippen molar-refractivity contribution in [2.45, 2.75) is 18.9 Å². The molecule has 0 aromatic heterocycles. The summed E-state index contributed by atoms with van der Waals surface area (Å²) < 4.78 is 0. The lowest BCUT2D eigenvalue weighted by Crippen LogP contribution is -2.06. The highest BCUT2D eigenvalue weighted by atomic mass is 35.5. The molecular weight excluding hydrogens is 133 g/mol. The predicted molar refractivity (Wildman–Crippen MR) is 36.6 cm³/mol. The van der Waals surface area contributed by atoms with Gasteiger partial charge >= 0.3 is 0 Å². The SMILES string of the molecule is CNC1CC1.Cl.Cl. The van der Waals surface area contributed by atoms with Crippen molar-refractivity contribution in [1.29, 1.82) is 0 Å². The van der Waals surface area contributed by atoms with Crippen LogP contribution in [0.15, 0.2) is 0 Å². The summed E-state index contributed by atoms with van der Waals surface area (Å²) in [4.78, 5) is 0. The summed E-state index contributed by atoms with van der Waals surface area (Å²) in [6.45, 7) is 0. The molecule has 0 spiro atoms. The van der Waals surface area contributed by atoms with Crippen LogP contribution in [-0.2, 0) is 0 Å². The minimum absolute atomic E-state index is 0. The van der Waals surface area contributed by atoms with Crippen molar-refractivity contribution >= 4 is 24.8 Å². The zero-order chi connectivity index (χ0) is 3.70. The van der Waals surface area contributed by atoms with Gasteiger partial charge in [-0.3, -0.25) is 0 Å². The molecule has 0 radical (unpaired) electrons. The van der Waals surface area contributed by atoms with Crippen molar-refractivity contribution in [2.75, 3.05) is 7.05 Å². The largest absolute Gasteiger partial charge is 0.317 e. The van der Waals surface area contributed by atoms with E-state index in [0.717, 1.165) is 6.04 Å². The summed E-state index contributed by atoms with van der Waals surface area (Å²) in [6.07, 6.45) is 2.80. The quantitative estimate of drug-likeness (QED) is 0.583. The molecule has 0 bridgehead atoms. The van der Waals surface area contributed by atoms with Crippen LogP contribution in [0, 0.1) is 0 Å². The van der Waals surface area contributed by atoms with Gasteiger partial charge < -0.3 is 5.32 Å². The molecule has 0 unspecified atom stereocenters. The van der Waals surface area contributed by atoms with Crippen LogP contribution in [0.5, 0.6) is 0 Å². The van der Waals surface area contributed by atoms with Gasteiger partial charge in [0.05, 0.1) is 0 Å². The first kappa shape index (κ1) is 10.5. The minimum atomic E-state index is 0. The fraction of sp³-hybridized carbons (Fsp3) is 1.00. The van der Waals surface area contributed by atoms with Gasteiger partial charge in [-0.2, -0.15) is 0 Å². The highest BCUT2D eigenvalue weighted by molar-refractivity contribution is 5.85. The Kier molecular flexibility index (Phi) is 7.04. The molecule has 0 amide bonds. The lowest BCUT2D eigenvalue weighted by Gasteiger charge is -1.80. The van der Waals surface area contributed by atoms with Crippen LogP contribution >= 0.6 is 24.8 Å². The van der Waals surface area contributed by atoms with Gasteiger partial charge in [-0.25, -0.2) is 0 Å². The van der Waals surface area contributed by atoms with Gasteiger partial charge in [0.15, 0.2) is 0 Å². The maximum Gasteiger partial charge on any atom is 0.00652 e. The summed E-state index contributed by atoms with van der Waals surface area (Å²) in [6, 6.07) is 0.884. The predicted octanol–water partition coefficient (Wildman–Crippen LogP) is 1.21. The number of hydrogen-bond acceptors (Lipinski definition) is 1. The Bertz CT molecular complexity index is 36.7. The molecule has 46 valence electrons. The van der Waals surface area contributed by atoms with Gasteiger partial charge in [0.1, 0.15) is 0 Å². The standard InChI is InChI=1S/C4H9N.2ClH/c1-5-4-2-3-4;;/h4-5H,2-3H2,1H3;2*1H. The third-order valence-electron chi connectivity index (χ3n) is 0.986. The van der Waals surface area contributed by atoms with Crippen molar-refractivity contribution in [3.8, 4) is 0 Å². The summed E-state index contributed by atoms with van der Waals surface area (Å²) in [7, 11) is 2.01. The van der Waals surface area contributed by atoms with Gasteiger partial charge in [-0.15, -0.1) is 24.8 Å². The van der Waals surface area contributed by atoms with E-state index in [1.54, 1.807) is 0 Å². The molecule has 1 nitrogen and oxygen atoms in total. The normalized spacial score (nSPS) is 16.7. The molecule has 0 aromatic carbocycles. The van der Waals surface area contributed by atoms with E-state index in [4.69, 9.17) is 0 Å². The maximum atomic E-state index is 3.14. The van der Waals surface area contributed by atoms with E-state index in [2.05, 4.69) is 5.32 Å². The molecule has 0 aliphatic heterocycles. The first-order valence-corrected chi connectivity index (χ1v) is 2.11. The summed E-state index contributed by atoms with van der Waals surface area (Å²) >= 11 is 0. The molecule has 1 saturated carbocycles. The molecule has 1 aliphatic rings. The van der Waals surface area contributed by atoms with Crippen molar-refractivity contribution in [3.05, 3.63) is 0 Å². The van der Waals surface area contributed by atoms with Crippen molar-refractivity contribution in [2.24, 2.45) is 0 Å². The van der Waals surface area contributed by atoms with Gasteiger partial charge in [0, 0.05) is 6.04 Å². The van der Waals surface area contributed by atoms with Crippen LogP contribution in [0.25, 0.3) is 0 Å². The number of halogens is 2. The Morgan fingerprint density at radius 2 is 1.71 bits per heavy atom. The molecule has 0 heterocycles. The molecule has 1 rings (SSSR count). The topological polar surface area (TPSA) is 12.0 Å². The zero-order valence-corrected chi connectivity index (χ0v) is 5.94. The monoisotopic (exact) mass is 143 g/mol. The number of nitrogens with one attached hydrogen (secondary N) is 1. The second-order valence-corrected chi connectivity index (χ2v) is 1.56. The van der Waals surface area contributed by atoms with Crippen LogP contribution in [-0.4, -0.2) is 13.1 Å². The second-order valence-electron chi connectivity index (χ2n) is 1.56. The van der Waals surface area contributed by atoms with Crippen molar-refractivity contribution in [3.63, 3.8) is 0 Å². The third-order valence-corrected chi connectivity index (χ3v) is 0.986. The Morgan fingerprint density at radius 3 is 1.71 bits per heavy atom. The second kappa shape index (κ2) is 4.69. The Morgan fingerprint density at radius 1 is 1.29 bits per heavy atom. The molecule has 1 aliphatic carbocycles. The van der Waals surface area contributed by atoms with E-state index in [0.29, 0.717) is 0 Å². The Balaban J connectivity index is 0. The Hall–Kier alpha value is 0.540. The molecule has 3 heteroatoms. The first-order valence-electron chi connectivity index (χ1n) is 2.11. The summed E-state index contributed by atoms with van der Waals surface area (Å²) in [5.41, 5.74) is 0. The first-order chi connectivity index (χ1) is 2.43. The molecular formula is C4H11Cl2N. The van der Waals surface area contributed by atoms with Gasteiger partial charge in [-0.05, 0) is 19.9 Å².